The fourth-order valence-corrected chi connectivity index (χ4v) is 2.74. The summed E-state index contributed by atoms with van der Waals surface area (Å²) in [6, 6.07) is 10.0. The number of aliphatic hydroxyl groups is 2. The summed E-state index contributed by atoms with van der Waals surface area (Å²) in [5.74, 6) is -1.97. The fraction of sp³-hybridized carbons (Fsp3) is 0.0714. The number of dihydropyridines is 1. The average molecular weight is 317 g/mol. The molecule has 0 aliphatic carbocycles. The lowest BCUT2D eigenvalue weighted by molar-refractivity contribution is -0.118. The van der Waals surface area contributed by atoms with Gasteiger partial charge >= 0.3 is 0 Å². The molecule has 0 saturated carbocycles. The van der Waals surface area contributed by atoms with Crippen molar-refractivity contribution in [3.05, 3.63) is 52.7 Å². The van der Waals surface area contributed by atoms with Gasteiger partial charge in [-0.25, -0.2) is 0 Å². The zero-order valence-corrected chi connectivity index (χ0v) is 11.7. The second-order valence-electron chi connectivity index (χ2n) is 4.55. The number of aliphatic hydroxyl groups excluding tert-OH is 2. The SMILES string of the molecule is Cl.N#CC1=C(O)NC(O)=C(C#N)C12C(=O)Nc1ccccc12. The molecule has 110 valence electrons. The molecule has 7 nitrogen and oxygen atoms in total. The van der Waals surface area contributed by atoms with E-state index in [0.29, 0.717) is 11.3 Å². The van der Waals surface area contributed by atoms with Gasteiger partial charge in [-0.3, -0.25) is 10.1 Å². The maximum atomic E-state index is 12.5. The molecular weight excluding hydrogens is 308 g/mol. The van der Waals surface area contributed by atoms with Crippen molar-refractivity contribution >= 4 is 24.0 Å². The number of nitrogens with zero attached hydrogens (tertiary/aromatic N) is 2. The minimum absolute atomic E-state index is 0. The molecule has 2 aliphatic rings. The first-order chi connectivity index (χ1) is 10.1. The molecule has 2 aliphatic heterocycles. The molecule has 8 heteroatoms. The van der Waals surface area contributed by atoms with Gasteiger partial charge in [0.25, 0.3) is 0 Å². The van der Waals surface area contributed by atoms with E-state index in [0.717, 1.165) is 0 Å². The van der Waals surface area contributed by atoms with Crippen LogP contribution in [-0.2, 0) is 10.2 Å². The molecule has 1 spiro atoms. The topological polar surface area (TPSA) is 129 Å². The van der Waals surface area contributed by atoms with Gasteiger partial charge in [-0.15, -0.1) is 12.4 Å². The maximum absolute atomic E-state index is 12.5. The molecule has 1 amide bonds. The second kappa shape index (κ2) is 4.99. The molecule has 0 radical (unpaired) electrons. The van der Waals surface area contributed by atoms with Gasteiger partial charge in [0, 0.05) is 11.3 Å². The third-order valence-corrected chi connectivity index (χ3v) is 3.60. The van der Waals surface area contributed by atoms with Crippen LogP contribution in [0.1, 0.15) is 5.56 Å². The Balaban J connectivity index is 0.00000176. The Morgan fingerprint density at radius 1 is 1.00 bits per heavy atom. The number of benzene rings is 1. The summed E-state index contributed by atoms with van der Waals surface area (Å²) < 4.78 is 0. The predicted molar refractivity (Wildman–Crippen MR) is 77.7 cm³/mol. The largest absolute Gasteiger partial charge is 0.494 e. The molecule has 1 aromatic carbocycles. The lowest BCUT2D eigenvalue weighted by Gasteiger charge is -2.30. The van der Waals surface area contributed by atoms with Gasteiger partial charge in [-0.1, -0.05) is 18.2 Å². The Bertz CT molecular complexity index is 793. The number of anilines is 1. The number of nitrogens with one attached hydrogen (secondary N) is 2. The van der Waals surface area contributed by atoms with E-state index in [2.05, 4.69) is 10.6 Å². The van der Waals surface area contributed by atoms with E-state index in [1.54, 1.807) is 36.4 Å². The summed E-state index contributed by atoms with van der Waals surface area (Å²) in [6.45, 7) is 0. The van der Waals surface area contributed by atoms with E-state index < -0.39 is 23.1 Å². The van der Waals surface area contributed by atoms with Crippen molar-refractivity contribution in [2.45, 2.75) is 5.41 Å². The summed E-state index contributed by atoms with van der Waals surface area (Å²) in [6.07, 6.45) is 0. The molecular formula is C14H9ClN4O3. The van der Waals surface area contributed by atoms with Crippen molar-refractivity contribution in [2.24, 2.45) is 0 Å². The molecule has 0 fully saturated rings. The van der Waals surface area contributed by atoms with E-state index in [9.17, 15) is 25.5 Å². The van der Waals surface area contributed by atoms with Crippen LogP contribution >= 0.6 is 12.4 Å². The molecule has 22 heavy (non-hydrogen) atoms. The van der Waals surface area contributed by atoms with Crippen LogP contribution in [0.2, 0.25) is 0 Å². The van der Waals surface area contributed by atoms with Crippen molar-refractivity contribution in [3.63, 3.8) is 0 Å². The highest BCUT2D eigenvalue weighted by molar-refractivity contribution is 6.12. The summed E-state index contributed by atoms with van der Waals surface area (Å²) in [4.78, 5) is 12.5. The minimum Gasteiger partial charge on any atom is -0.494 e. The summed E-state index contributed by atoms with van der Waals surface area (Å²) >= 11 is 0. The fourth-order valence-electron chi connectivity index (χ4n) is 2.74. The van der Waals surface area contributed by atoms with Gasteiger partial charge in [0.05, 0.1) is 0 Å². The third kappa shape index (κ3) is 1.57. The highest BCUT2D eigenvalue weighted by atomic mass is 35.5. The van der Waals surface area contributed by atoms with Gasteiger partial charge in [-0.2, -0.15) is 10.5 Å². The Hall–Kier alpha value is -3.16. The normalized spacial score (nSPS) is 17.8. The number of fused-ring (bicyclic) bond motifs is 2. The van der Waals surface area contributed by atoms with Crippen LogP contribution in [0.3, 0.4) is 0 Å². The number of amides is 1. The molecule has 0 saturated heterocycles. The summed E-state index contributed by atoms with van der Waals surface area (Å²) in [5.41, 5.74) is -1.74. The Morgan fingerprint density at radius 2 is 1.55 bits per heavy atom. The van der Waals surface area contributed by atoms with E-state index in [4.69, 9.17) is 0 Å². The summed E-state index contributed by atoms with van der Waals surface area (Å²) in [5, 5.41) is 43.1. The molecule has 1 aromatic rings. The lowest BCUT2D eigenvalue weighted by atomic mass is 9.69. The maximum Gasteiger partial charge on any atom is 0.246 e. The number of rotatable bonds is 0. The van der Waals surface area contributed by atoms with Crippen LogP contribution in [0.15, 0.2) is 47.2 Å². The van der Waals surface area contributed by atoms with Gasteiger partial charge in [0.2, 0.25) is 17.7 Å². The van der Waals surface area contributed by atoms with Gasteiger partial charge in [0.1, 0.15) is 23.3 Å². The zero-order chi connectivity index (χ0) is 15.2. The number of para-hydroxylation sites is 1. The first kappa shape index (κ1) is 15.2. The molecule has 2 heterocycles. The van der Waals surface area contributed by atoms with Crippen LogP contribution in [0, 0.1) is 22.7 Å². The Kier molecular flexibility index (Phi) is 3.46. The monoisotopic (exact) mass is 316 g/mol. The smallest absolute Gasteiger partial charge is 0.246 e. The molecule has 0 aromatic heterocycles. The number of hydrogen-bond acceptors (Lipinski definition) is 6. The van der Waals surface area contributed by atoms with Crippen LogP contribution in [0.5, 0.6) is 0 Å². The first-order valence-electron chi connectivity index (χ1n) is 5.93. The van der Waals surface area contributed by atoms with Crippen molar-refractivity contribution in [3.8, 4) is 12.1 Å². The second-order valence-corrected chi connectivity index (χ2v) is 4.55. The number of halogens is 1. The van der Waals surface area contributed by atoms with Gasteiger partial charge in [0.15, 0.2) is 5.41 Å². The number of hydrogen-bond donors (Lipinski definition) is 4. The van der Waals surface area contributed by atoms with Gasteiger partial charge in [-0.05, 0) is 6.07 Å². The highest BCUT2D eigenvalue weighted by Crippen LogP contribution is 2.49. The van der Waals surface area contributed by atoms with Crippen molar-refractivity contribution in [1.82, 2.24) is 5.32 Å². The van der Waals surface area contributed by atoms with Crippen LogP contribution in [0.25, 0.3) is 0 Å². The number of carbonyl (C=O) groups is 1. The predicted octanol–water partition coefficient (Wildman–Crippen LogP) is 1.49. The van der Waals surface area contributed by atoms with Gasteiger partial charge < -0.3 is 15.5 Å². The van der Waals surface area contributed by atoms with Crippen molar-refractivity contribution in [1.29, 1.82) is 10.5 Å². The van der Waals surface area contributed by atoms with E-state index in [1.807, 2.05) is 0 Å². The first-order valence-corrected chi connectivity index (χ1v) is 5.93. The van der Waals surface area contributed by atoms with Crippen LogP contribution in [-0.4, -0.2) is 16.1 Å². The minimum atomic E-state index is -1.83. The zero-order valence-electron chi connectivity index (χ0n) is 10.9. The summed E-state index contributed by atoms with van der Waals surface area (Å²) in [7, 11) is 0. The Morgan fingerprint density at radius 3 is 2.09 bits per heavy atom. The number of nitriles is 2. The molecule has 0 unspecified atom stereocenters. The Labute approximate surface area is 131 Å². The van der Waals surface area contributed by atoms with E-state index >= 15 is 0 Å². The lowest BCUT2D eigenvalue weighted by Crippen LogP contribution is -2.44. The average Bonchev–Trinajstić information content (AvgIpc) is 2.73. The highest BCUT2D eigenvalue weighted by Gasteiger charge is 2.58. The standard InChI is InChI=1S/C14H8N4O3.ClH/c15-5-8-11(19)18-12(20)9(6-16)14(8)7-3-1-2-4-10(7)17-13(14)21;/h1-4,18-20H,(H,17,21);1H. The van der Waals surface area contributed by atoms with Crippen LogP contribution in [0.4, 0.5) is 5.69 Å². The number of carbonyl (C=O) groups excluding carboxylic acids is 1. The van der Waals surface area contributed by atoms with Crippen LogP contribution < -0.4 is 10.6 Å². The third-order valence-electron chi connectivity index (χ3n) is 3.60. The van der Waals surface area contributed by atoms with E-state index in [-0.39, 0.29) is 23.6 Å². The van der Waals surface area contributed by atoms with Crippen molar-refractivity contribution < 1.29 is 15.0 Å². The molecule has 0 atom stereocenters. The molecule has 3 rings (SSSR count). The molecule has 0 bridgehead atoms. The quantitative estimate of drug-likeness (QED) is 0.574. The van der Waals surface area contributed by atoms with Crippen molar-refractivity contribution in [2.75, 3.05) is 5.32 Å². The van der Waals surface area contributed by atoms with E-state index in [1.165, 1.54) is 0 Å². The molecule has 4 N–H and O–H groups in total.